The van der Waals surface area contributed by atoms with Crippen molar-refractivity contribution in [3.63, 3.8) is 0 Å². The molecule has 0 spiro atoms. The van der Waals surface area contributed by atoms with Crippen molar-refractivity contribution in [1.82, 2.24) is 0 Å². The molecule has 0 bridgehead atoms. The first kappa shape index (κ1) is 41.8. The summed E-state index contributed by atoms with van der Waals surface area (Å²) in [4.78, 5) is 0. The number of unbranched alkanes of at least 4 members (excludes halogenated alkanes) is 25. The van der Waals surface area contributed by atoms with E-state index in [1.54, 1.807) is 0 Å². The van der Waals surface area contributed by atoms with E-state index in [1.165, 1.54) is 180 Å². The monoisotopic (exact) mass is 567 g/mol. The maximum atomic E-state index is 9.95. The first-order valence-electron chi connectivity index (χ1n) is 18.7. The molecule has 242 valence electrons. The van der Waals surface area contributed by atoms with Crippen molar-refractivity contribution >= 4 is 0 Å². The molecular weight excluding hydrogens is 488 g/mol. The van der Waals surface area contributed by atoms with Gasteiger partial charge in [-0.05, 0) is 44.9 Å². The van der Waals surface area contributed by atoms with Gasteiger partial charge in [0.05, 0.1) is 6.10 Å². The zero-order chi connectivity index (χ0) is 29.6. The maximum Gasteiger partial charge on any atom is 0.0540 e. The summed E-state index contributed by atoms with van der Waals surface area (Å²) >= 11 is 0. The predicted octanol–water partition coefficient (Wildman–Crippen LogP) is 13.0. The molecule has 40 heavy (non-hydrogen) atoms. The van der Waals surface area contributed by atoms with Crippen LogP contribution in [0.4, 0.5) is 0 Å². The van der Waals surface area contributed by atoms with Crippen molar-refractivity contribution in [2.24, 2.45) is 0 Å². The molecule has 2 nitrogen and oxygen atoms in total. The molecule has 0 rings (SSSR count). The molecule has 0 amide bonds. The van der Waals surface area contributed by atoms with Gasteiger partial charge in [-0.1, -0.05) is 187 Å². The van der Waals surface area contributed by atoms with Gasteiger partial charge in [0.25, 0.3) is 0 Å². The second-order valence-electron chi connectivity index (χ2n) is 12.5. The summed E-state index contributed by atoms with van der Waals surface area (Å²) in [6, 6.07) is 0. The Kier molecular flexibility index (Phi) is 42.6. The number of rotatable bonds is 32. The van der Waals surface area contributed by atoms with Crippen LogP contribution in [-0.4, -0.2) is 22.9 Å². The van der Waals surface area contributed by atoms with E-state index in [1.807, 2.05) is 0 Å². The SMILES string of the molecule is CCCCCCCC/C=C\CCCCCCCCO.CCCCCCCCCCCC(O)CCCCCCCC. The van der Waals surface area contributed by atoms with Crippen molar-refractivity contribution in [2.75, 3.05) is 6.61 Å². The summed E-state index contributed by atoms with van der Waals surface area (Å²) in [5.41, 5.74) is 0. The molecule has 2 N–H and O–H groups in total. The third-order valence-corrected chi connectivity index (χ3v) is 8.20. The van der Waals surface area contributed by atoms with Crippen LogP contribution in [0.1, 0.15) is 220 Å². The van der Waals surface area contributed by atoms with E-state index in [4.69, 9.17) is 5.11 Å². The van der Waals surface area contributed by atoms with Crippen LogP contribution in [0.15, 0.2) is 12.2 Å². The molecule has 0 radical (unpaired) electrons. The molecule has 1 unspecified atom stereocenters. The molecule has 0 heterocycles. The third kappa shape index (κ3) is 42.1. The standard InChI is InChI=1S/C20H42O.C18H36O/c1-3-5-7-9-11-12-13-15-17-19-20(21)18-16-14-10-8-6-4-2;1-2-3-4-5-6-7-8-9-10-11-12-13-14-15-16-17-18-19/h20-21H,3-19H2,1-2H3;9-10,19H,2-8,11-18H2,1H3/b;10-9-. The van der Waals surface area contributed by atoms with Gasteiger partial charge >= 0.3 is 0 Å². The molecule has 0 aromatic heterocycles. The van der Waals surface area contributed by atoms with E-state index in [-0.39, 0.29) is 6.10 Å². The average Bonchev–Trinajstić information content (AvgIpc) is 2.96. The van der Waals surface area contributed by atoms with E-state index in [2.05, 4.69) is 32.9 Å². The largest absolute Gasteiger partial charge is 0.396 e. The summed E-state index contributed by atoms with van der Waals surface area (Å²) in [5, 5.41) is 18.6. The van der Waals surface area contributed by atoms with Crippen molar-refractivity contribution in [3.8, 4) is 0 Å². The summed E-state index contributed by atoms with van der Waals surface area (Å²) in [6.07, 6.45) is 45.6. The Hall–Kier alpha value is -0.340. The Bertz CT molecular complexity index is 433. The Balaban J connectivity index is 0. The number of allylic oxidation sites excluding steroid dienone is 2. The average molecular weight is 567 g/mol. The molecule has 0 aromatic rings. The summed E-state index contributed by atoms with van der Waals surface area (Å²) in [6.45, 7) is 7.17. The molecule has 0 saturated heterocycles. The zero-order valence-corrected chi connectivity index (χ0v) is 28.3. The quantitative estimate of drug-likeness (QED) is 0.0628. The van der Waals surface area contributed by atoms with Gasteiger partial charge < -0.3 is 10.2 Å². The van der Waals surface area contributed by atoms with Gasteiger partial charge in [-0.25, -0.2) is 0 Å². The van der Waals surface area contributed by atoms with Gasteiger partial charge in [0.15, 0.2) is 0 Å². The fourth-order valence-corrected chi connectivity index (χ4v) is 5.35. The van der Waals surface area contributed by atoms with Gasteiger partial charge in [0, 0.05) is 6.61 Å². The number of aliphatic hydroxyl groups is 2. The minimum Gasteiger partial charge on any atom is -0.396 e. The lowest BCUT2D eigenvalue weighted by Gasteiger charge is -2.10. The van der Waals surface area contributed by atoms with Crippen molar-refractivity contribution in [2.45, 2.75) is 226 Å². The van der Waals surface area contributed by atoms with Crippen molar-refractivity contribution in [1.29, 1.82) is 0 Å². The Labute approximate surface area is 254 Å². The first-order valence-corrected chi connectivity index (χ1v) is 18.7. The molecule has 0 fully saturated rings. The highest BCUT2D eigenvalue weighted by Crippen LogP contribution is 2.15. The molecule has 0 saturated carbocycles. The zero-order valence-electron chi connectivity index (χ0n) is 28.3. The second-order valence-corrected chi connectivity index (χ2v) is 12.5. The Morgan fingerprint density at radius 1 is 0.375 bits per heavy atom. The lowest BCUT2D eigenvalue weighted by Crippen LogP contribution is -2.05. The summed E-state index contributed by atoms with van der Waals surface area (Å²) in [7, 11) is 0. The van der Waals surface area contributed by atoms with E-state index in [0.717, 1.165) is 19.3 Å². The first-order chi connectivity index (χ1) is 19.7. The topological polar surface area (TPSA) is 40.5 Å². The molecule has 0 aliphatic rings. The van der Waals surface area contributed by atoms with Crippen LogP contribution in [0.3, 0.4) is 0 Å². The molecule has 1 atom stereocenters. The molecule has 0 aliphatic carbocycles. The van der Waals surface area contributed by atoms with E-state index in [9.17, 15) is 5.11 Å². The highest BCUT2D eigenvalue weighted by molar-refractivity contribution is 4.81. The van der Waals surface area contributed by atoms with E-state index in [0.29, 0.717) is 6.61 Å². The predicted molar refractivity (Wildman–Crippen MR) is 182 cm³/mol. The molecule has 2 heteroatoms. The highest BCUT2D eigenvalue weighted by Gasteiger charge is 2.03. The van der Waals surface area contributed by atoms with Crippen LogP contribution in [-0.2, 0) is 0 Å². The number of hydrogen-bond acceptors (Lipinski definition) is 2. The van der Waals surface area contributed by atoms with Crippen molar-refractivity contribution in [3.05, 3.63) is 12.2 Å². The normalized spacial score (nSPS) is 12.1. The van der Waals surface area contributed by atoms with Gasteiger partial charge in [-0.2, -0.15) is 0 Å². The van der Waals surface area contributed by atoms with Crippen LogP contribution in [0, 0.1) is 0 Å². The second kappa shape index (κ2) is 40.8. The fraction of sp³-hybridized carbons (Fsp3) is 0.947. The third-order valence-electron chi connectivity index (χ3n) is 8.20. The fourth-order valence-electron chi connectivity index (χ4n) is 5.35. The minimum atomic E-state index is -0.0271. The van der Waals surface area contributed by atoms with Crippen LogP contribution in [0.5, 0.6) is 0 Å². The van der Waals surface area contributed by atoms with Crippen molar-refractivity contribution < 1.29 is 10.2 Å². The van der Waals surface area contributed by atoms with E-state index >= 15 is 0 Å². The number of aliphatic hydroxyl groups excluding tert-OH is 2. The summed E-state index contributed by atoms with van der Waals surface area (Å²) < 4.78 is 0. The molecular formula is C38H78O2. The Morgan fingerprint density at radius 2 is 0.650 bits per heavy atom. The molecule has 0 aliphatic heterocycles. The van der Waals surface area contributed by atoms with Crippen LogP contribution >= 0.6 is 0 Å². The Morgan fingerprint density at radius 3 is 0.975 bits per heavy atom. The van der Waals surface area contributed by atoms with Gasteiger partial charge in [-0.3, -0.25) is 0 Å². The maximum absolute atomic E-state index is 9.95. The van der Waals surface area contributed by atoms with Gasteiger partial charge in [-0.15, -0.1) is 0 Å². The van der Waals surface area contributed by atoms with Crippen LogP contribution in [0.25, 0.3) is 0 Å². The number of hydrogen-bond donors (Lipinski definition) is 2. The van der Waals surface area contributed by atoms with Crippen LogP contribution in [0.2, 0.25) is 0 Å². The van der Waals surface area contributed by atoms with E-state index < -0.39 is 0 Å². The van der Waals surface area contributed by atoms with Crippen LogP contribution < -0.4 is 0 Å². The highest BCUT2D eigenvalue weighted by atomic mass is 16.3. The van der Waals surface area contributed by atoms with Gasteiger partial charge in [0.1, 0.15) is 0 Å². The smallest absolute Gasteiger partial charge is 0.0540 e. The minimum absolute atomic E-state index is 0.0271. The summed E-state index contributed by atoms with van der Waals surface area (Å²) in [5.74, 6) is 0. The lowest BCUT2D eigenvalue weighted by molar-refractivity contribution is 0.147. The molecule has 0 aromatic carbocycles. The lowest BCUT2D eigenvalue weighted by atomic mass is 10.0. The van der Waals surface area contributed by atoms with Gasteiger partial charge in [0.2, 0.25) is 0 Å².